The zero-order valence-corrected chi connectivity index (χ0v) is 16.9. The molecule has 2 amide bonds. The van der Waals surface area contributed by atoms with E-state index in [-0.39, 0.29) is 29.6 Å². The van der Waals surface area contributed by atoms with Crippen LogP contribution in [0.4, 0.5) is 0 Å². The molecule has 1 aliphatic heterocycles. The number of rotatable bonds is 9. The van der Waals surface area contributed by atoms with Gasteiger partial charge in [-0.1, -0.05) is 0 Å². The van der Waals surface area contributed by atoms with Gasteiger partial charge in [-0.15, -0.1) is 0 Å². The lowest BCUT2D eigenvalue weighted by molar-refractivity contribution is -0.132. The van der Waals surface area contributed by atoms with E-state index in [1.165, 1.54) is 0 Å². The molecule has 1 saturated carbocycles. The second kappa shape index (κ2) is 9.28. The Morgan fingerprint density at radius 1 is 1.14 bits per heavy atom. The molecule has 1 aromatic carbocycles. The first kappa shape index (κ1) is 20.5. The van der Waals surface area contributed by atoms with E-state index in [9.17, 15) is 9.59 Å². The lowest BCUT2D eigenvalue weighted by Gasteiger charge is -2.21. The summed E-state index contributed by atoms with van der Waals surface area (Å²) >= 11 is 0. The third-order valence-corrected chi connectivity index (χ3v) is 5.56. The fourth-order valence-corrected chi connectivity index (χ4v) is 3.84. The maximum absolute atomic E-state index is 12.9. The van der Waals surface area contributed by atoms with Crippen LogP contribution in [0.1, 0.15) is 30.7 Å². The first-order chi connectivity index (χ1) is 13.6. The van der Waals surface area contributed by atoms with Gasteiger partial charge >= 0.3 is 0 Å². The molecule has 154 valence electrons. The molecular formula is C21H30N2O5. The normalized spacial score (nSPS) is 21.5. The van der Waals surface area contributed by atoms with Crippen LogP contribution in [0.2, 0.25) is 0 Å². The predicted octanol–water partition coefficient (Wildman–Crippen LogP) is 1.81. The second-order valence-electron chi connectivity index (χ2n) is 7.48. The Morgan fingerprint density at radius 3 is 2.57 bits per heavy atom. The van der Waals surface area contributed by atoms with E-state index in [2.05, 4.69) is 5.32 Å². The average molecular weight is 390 g/mol. The molecule has 7 heteroatoms. The number of ether oxygens (including phenoxy) is 3. The smallest absolute Gasteiger partial charge is 0.225 e. The highest BCUT2D eigenvalue weighted by Crippen LogP contribution is 2.41. The monoisotopic (exact) mass is 390 g/mol. The van der Waals surface area contributed by atoms with E-state index in [0.717, 1.165) is 24.8 Å². The first-order valence-corrected chi connectivity index (χ1v) is 9.86. The minimum atomic E-state index is -0.314. The summed E-state index contributed by atoms with van der Waals surface area (Å²) in [6.07, 6.45) is 2.67. The number of hydrogen-bond acceptors (Lipinski definition) is 5. The van der Waals surface area contributed by atoms with Crippen molar-refractivity contribution < 1.29 is 23.8 Å². The Bertz CT molecular complexity index is 704. The Kier molecular flexibility index (Phi) is 6.78. The minimum Gasteiger partial charge on any atom is -0.497 e. The molecule has 0 bridgehead atoms. The van der Waals surface area contributed by atoms with Crippen molar-refractivity contribution in [2.45, 2.75) is 25.2 Å². The van der Waals surface area contributed by atoms with Gasteiger partial charge in [0, 0.05) is 50.8 Å². The van der Waals surface area contributed by atoms with E-state index >= 15 is 0 Å². The maximum atomic E-state index is 12.9. The summed E-state index contributed by atoms with van der Waals surface area (Å²) in [6, 6.07) is 5.61. The number of methoxy groups -OCH3 is 3. The van der Waals surface area contributed by atoms with Crippen LogP contribution in [-0.4, -0.2) is 64.3 Å². The molecule has 0 radical (unpaired) electrons. The number of likely N-dealkylation sites (tertiary alicyclic amines) is 1. The Hall–Kier alpha value is -2.28. The third kappa shape index (κ3) is 4.58. The molecule has 28 heavy (non-hydrogen) atoms. The molecule has 1 N–H and O–H groups in total. The molecule has 1 heterocycles. The van der Waals surface area contributed by atoms with Gasteiger partial charge < -0.3 is 24.4 Å². The number of benzene rings is 1. The number of nitrogens with zero attached hydrogens (tertiary/aromatic N) is 1. The van der Waals surface area contributed by atoms with Crippen molar-refractivity contribution >= 4 is 11.8 Å². The van der Waals surface area contributed by atoms with Crippen LogP contribution in [0.3, 0.4) is 0 Å². The molecule has 1 aliphatic carbocycles. The van der Waals surface area contributed by atoms with Crippen LogP contribution in [0.15, 0.2) is 18.2 Å². The number of nitrogens with one attached hydrogen (secondary N) is 1. The zero-order chi connectivity index (χ0) is 20.1. The SMILES string of the molecule is COCCCNC(=O)[C@H]1CN(C(=O)C2CC2)C[C@@H]1c1cc(OC)ccc1OC. The van der Waals surface area contributed by atoms with Crippen molar-refractivity contribution in [3.05, 3.63) is 23.8 Å². The molecule has 0 unspecified atom stereocenters. The van der Waals surface area contributed by atoms with Gasteiger partial charge in [-0.25, -0.2) is 0 Å². The van der Waals surface area contributed by atoms with Gasteiger partial charge in [-0.3, -0.25) is 9.59 Å². The molecule has 2 aliphatic rings. The first-order valence-electron chi connectivity index (χ1n) is 9.86. The molecule has 0 aromatic heterocycles. The van der Waals surface area contributed by atoms with Crippen molar-refractivity contribution in [1.82, 2.24) is 10.2 Å². The van der Waals surface area contributed by atoms with E-state index in [0.29, 0.717) is 37.7 Å². The number of hydrogen-bond donors (Lipinski definition) is 1. The van der Waals surface area contributed by atoms with E-state index < -0.39 is 0 Å². The standard InChI is InChI=1S/C21H30N2O5/c1-26-10-4-9-22-20(24)18-13-23(21(25)14-5-6-14)12-17(18)16-11-15(27-2)7-8-19(16)28-3/h7-8,11,14,17-18H,4-6,9-10,12-13H2,1-3H3,(H,22,24)/t17-,18+/m1/s1. The molecular weight excluding hydrogens is 360 g/mol. The van der Waals surface area contributed by atoms with Crippen molar-refractivity contribution in [2.75, 3.05) is 47.6 Å². The molecule has 2 atom stereocenters. The lowest BCUT2D eigenvalue weighted by atomic mass is 9.87. The highest BCUT2D eigenvalue weighted by Gasteiger charge is 2.44. The summed E-state index contributed by atoms with van der Waals surface area (Å²) in [4.78, 5) is 27.4. The number of amides is 2. The quantitative estimate of drug-likeness (QED) is 0.651. The van der Waals surface area contributed by atoms with Crippen molar-refractivity contribution in [2.24, 2.45) is 11.8 Å². The summed E-state index contributed by atoms with van der Waals surface area (Å²) in [6.45, 7) is 2.12. The fraction of sp³-hybridized carbons (Fsp3) is 0.619. The number of carbonyl (C=O) groups excluding carboxylic acids is 2. The molecule has 1 aromatic rings. The summed E-state index contributed by atoms with van der Waals surface area (Å²) in [5, 5.41) is 3.00. The Balaban J connectivity index is 1.82. The van der Waals surface area contributed by atoms with Crippen molar-refractivity contribution in [1.29, 1.82) is 0 Å². The molecule has 7 nitrogen and oxygen atoms in total. The third-order valence-electron chi connectivity index (χ3n) is 5.56. The van der Waals surface area contributed by atoms with Crippen LogP contribution in [0.5, 0.6) is 11.5 Å². The largest absolute Gasteiger partial charge is 0.497 e. The van der Waals surface area contributed by atoms with Crippen LogP contribution in [0.25, 0.3) is 0 Å². The summed E-state index contributed by atoms with van der Waals surface area (Å²) in [7, 11) is 4.88. The number of carbonyl (C=O) groups is 2. The highest BCUT2D eigenvalue weighted by molar-refractivity contribution is 5.85. The van der Waals surface area contributed by atoms with Gasteiger partial charge in [0.05, 0.1) is 20.1 Å². The molecule has 1 saturated heterocycles. The van der Waals surface area contributed by atoms with Gasteiger partial charge in [-0.05, 0) is 37.5 Å². The van der Waals surface area contributed by atoms with E-state index in [1.54, 1.807) is 21.3 Å². The lowest BCUT2D eigenvalue weighted by Crippen LogP contribution is -2.36. The van der Waals surface area contributed by atoms with Crippen molar-refractivity contribution in [3.63, 3.8) is 0 Å². The Labute approximate surface area is 166 Å². The minimum absolute atomic E-state index is 0.0305. The summed E-state index contributed by atoms with van der Waals surface area (Å²) in [5.74, 6) is 1.25. The van der Waals surface area contributed by atoms with Gasteiger partial charge in [0.15, 0.2) is 0 Å². The highest BCUT2D eigenvalue weighted by atomic mass is 16.5. The second-order valence-corrected chi connectivity index (χ2v) is 7.48. The van der Waals surface area contributed by atoms with Crippen LogP contribution < -0.4 is 14.8 Å². The van der Waals surface area contributed by atoms with E-state index in [4.69, 9.17) is 14.2 Å². The Morgan fingerprint density at radius 2 is 1.93 bits per heavy atom. The summed E-state index contributed by atoms with van der Waals surface area (Å²) < 4.78 is 16.0. The molecule has 2 fully saturated rings. The molecule has 3 rings (SSSR count). The van der Waals surface area contributed by atoms with E-state index in [1.807, 2.05) is 23.1 Å². The van der Waals surface area contributed by atoms with Gasteiger partial charge in [0.1, 0.15) is 11.5 Å². The zero-order valence-electron chi connectivity index (χ0n) is 16.9. The van der Waals surface area contributed by atoms with Gasteiger partial charge in [0.25, 0.3) is 0 Å². The van der Waals surface area contributed by atoms with Crippen LogP contribution in [0, 0.1) is 11.8 Å². The maximum Gasteiger partial charge on any atom is 0.225 e. The van der Waals surface area contributed by atoms with Crippen LogP contribution in [-0.2, 0) is 14.3 Å². The average Bonchev–Trinajstić information content (AvgIpc) is 3.48. The fourth-order valence-electron chi connectivity index (χ4n) is 3.84. The van der Waals surface area contributed by atoms with Crippen molar-refractivity contribution in [3.8, 4) is 11.5 Å². The predicted molar refractivity (Wildman–Crippen MR) is 105 cm³/mol. The van der Waals surface area contributed by atoms with Gasteiger partial charge in [0.2, 0.25) is 11.8 Å². The summed E-state index contributed by atoms with van der Waals surface area (Å²) in [5.41, 5.74) is 0.907. The molecule has 0 spiro atoms. The van der Waals surface area contributed by atoms with Gasteiger partial charge in [-0.2, -0.15) is 0 Å². The van der Waals surface area contributed by atoms with Crippen LogP contribution >= 0.6 is 0 Å². The topological polar surface area (TPSA) is 77.1 Å².